The van der Waals surface area contributed by atoms with Crippen molar-refractivity contribution < 1.29 is 19.1 Å². The first-order valence-corrected chi connectivity index (χ1v) is 8.82. The predicted molar refractivity (Wildman–Crippen MR) is 91.3 cm³/mol. The molecular formula is C17H31N3O4. The molecule has 7 heteroatoms. The number of ether oxygens (including phenoxy) is 1. The Balaban J connectivity index is 2.71. The summed E-state index contributed by atoms with van der Waals surface area (Å²) in [4.78, 5) is 36.7. The minimum absolute atomic E-state index is 0.0968. The molecule has 3 unspecified atom stereocenters. The van der Waals surface area contributed by atoms with Crippen molar-refractivity contribution in [3.8, 4) is 0 Å². The van der Waals surface area contributed by atoms with Crippen LogP contribution in [-0.2, 0) is 19.1 Å². The van der Waals surface area contributed by atoms with Gasteiger partial charge in [-0.1, -0.05) is 33.6 Å². The van der Waals surface area contributed by atoms with Gasteiger partial charge >= 0.3 is 5.97 Å². The molecule has 1 aliphatic heterocycles. The molecule has 0 saturated carbocycles. The van der Waals surface area contributed by atoms with E-state index in [-0.39, 0.29) is 23.8 Å². The van der Waals surface area contributed by atoms with Gasteiger partial charge in [0.15, 0.2) is 0 Å². The van der Waals surface area contributed by atoms with Crippen molar-refractivity contribution in [1.82, 2.24) is 16.0 Å². The van der Waals surface area contributed by atoms with Crippen LogP contribution in [0.25, 0.3) is 0 Å². The van der Waals surface area contributed by atoms with Crippen LogP contribution >= 0.6 is 0 Å². The lowest BCUT2D eigenvalue weighted by Gasteiger charge is -2.25. The molecule has 0 aromatic rings. The molecule has 1 aliphatic rings. The molecule has 7 nitrogen and oxygen atoms in total. The van der Waals surface area contributed by atoms with E-state index in [1.165, 1.54) is 7.11 Å². The van der Waals surface area contributed by atoms with E-state index in [0.717, 1.165) is 32.2 Å². The monoisotopic (exact) mass is 341 g/mol. The van der Waals surface area contributed by atoms with Crippen molar-refractivity contribution in [2.75, 3.05) is 13.7 Å². The summed E-state index contributed by atoms with van der Waals surface area (Å²) >= 11 is 0. The van der Waals surface area contributed by atoms with Crippen LogP contribution in [0, 0.1) is 5.92 Å². The molecule has 24 heavy (non-hydrogen) atoms. The first-order chi connectivity index (χ1) is 11.4. The van der Waals surface area contributed by atoms with Gasteiger partial charge in [-0.3, -0.25) is 9.59 Å². The van der Waals surface area contributed by atoms with Crippen LogP contribution < -0.4 is 16.0 Å². The number of carbonyl (C=O) groups excluding carboxylic acids is 3. The summed E-state index contributed by atoms with van der Waals surface area (Å²) in [5.41, 5.74) is 0. The minimum Gasteiger partial charge on any atom is -0.467 e. The zero-order chi connectivity index (χ0) is 18.1. The summed E-state index contributed by atoms with van der Waals surface area (Å²) in [5, 5.41) is 8.68. The number of hydrogen-bond donors (Lipinski definition) is 3. The lowest BCUT2D eigenvalue weighted by molar-refractivity contribution is -0.146. The highest BCUT2D eigenvalue weighted by molar-refractivity contribution is 5.92. The second-order valence-corrected chi connectivity index (χ2v) is 6.61. The Bertz CT molecular complexity index is 434. The Morgan fingerprint density at radius 2 is 1.96 bits per heavy atom. The van der Waals surface area contributed by atoms with Gasteiger partial charge in [-0.05, 0) is 31.7 Å². The molecule has 0 aromatic heterocycles. The van der Waals surface area contributed by atoms with Crippen LogP contribution in [0.2, 0.25) is 0 Å². The van der Waals surface area contributed by atoms with Gasteiger partial charge in [-0.15, -0.1) is 0 Å². The van der Waals surface area contributed by atoms with Gasteiger partial charge in [0.1, 0.15) is 12.1 Å². The molecule has 3 atom stereocenters. The SMILES string of the molecule is CCCCC(NC(=O)C1CCCN1)C(=O)NC(C(=O)OC)C(C)C. The van der Waals surface area contributed by atoms with Gasteiger partial charge in [0, 0.05) is 0 Å². The zero-order valence-corrected chi connectivity index (χ0v) is 15.2. The first-order valence-electron chi connectivity index (χ1n) is 8.82. The quantitative estimate of drug-likeness (QED) is 0.537. The van der Waals surface area contributed by atoms with Gasteiger partial charge in [-0.25, -0.2) is 4.79 Å². The summed E-state index contributed by atoms with van der Waals surface area (Å²) < 4.78 is 4.75. The van der Waals surface area contributed by atoms with E-state index in [1.54, 1.807) is 0 Å². The van der Waals surface area contributed by atoms with E-state index in [0.29, 0.717) is 6.42 Å². The van der Waals surface area contributed by atoms with Crippen LogP contribution in [0.3, 0.4) is 0 Å². The summed E-state index contributed by atoms with van der Waals surface area (Å²) in [6, 6.07) is -1.58. The van der Waals surface area contributed by atoms with Crippen LogP contribution in [0.5, 0.6) is 0 Å². The zero-order valence-electron chi connectivity index (χ0n) is 15.2. The molecular weight excluding hydrogens is 310 g/mol. The fourth-order valence-electron chi connectivity index (χ4n) is 2.74. The predicted octanol–water partition coefficient (Wildman–Crippen LogP) is 0.727. The molecule has 1 fully saturated rings. The van der Waals surface area contributed by atoms with Crippen LogP contribution in [-0.4, -0.2) is 49.6 Å². The van der Waals surface area contributed by atoms with Gasteiger partial charge in [0.25, 0.3) is 0 Å². The topological polar surface area (TPSA) is 96.5 Å². The number of unbranched alkanes of at least 4 members (excludes halogenated alkanes) is 1. The third kappa shape index (κ3) is 6.11. The lowest BCUT2D eigenvalue weighted by atomic mass is 10.0. The number of esters is 1. The standard InChI is InChI=1S/C17H31N3O4/c1-5-6-8-13(19-15(21)12-9-7-10-18-12)16(22)20-14(11(2)3)17(23)24-4/h11-14,18H,5-10H2,1-4H3,(H,19,21)(H,20,22). The summed E-state index contributed by atoms with van der Waals surface area (Å²) in [6.07, 6.45) is 4.03. The van der Waals surface area contributed by atoms with Gasteiger partial charge < -0.3 is 20.7 Å². The lowest BCUT2D eigenvalue weighted by Crippen LogP contribution is -2.55. The molecule has 138 valence electrons. The third-order valence-corrected chi connectivity index (χ3v) is 4.28. The molecule has 0 aliphatic carbocycles. The first kappa shape index (κ1) is 20.4. The Hall–Kier alpha value is -1.63. The highest BCUT2D eigenvalue weighted by atomic mass is 16.5. The third-order valence-electron chi connectivity index (χ3n) is 4.28. The van der Waals surface area contributed by atoms with E-state index in [1.807, 2.05) is 20.8 Å². The van der Waals surface area contributed by atoms with Crippen molar-refractivity contribution in [3.63, 3.8) is 0 Å². The van der Waals surface area contributed by atoms with E-state index in [4.69, 9.17) is 4.74 Å². The van der Waals surface area contributed by atoms with Crippen molar-refractivity contribution in [3.05, 3.63) is 0 Å². The number of amides is 2. The summed E-state index contributed by atoms with van der Waals surface area (Å²) in [5.74, 6) is -1.06. The molecule has 0 radical (unpaired) electrons. The number of hydrogen-bond acceptors (Lipinski definition) is 5. The molecule has 3 N–H and O–H groups in total. The fraction of sp³-hybridized carbons (Fsp3) is 0.824. The van der Waals surface area contributed by atoms with Crippen LogP contribution in [0.1, 0.15) is 52.9 Å². The highest BCUT2D eigenvalue weighted by Gasteiger charge is 2.31. The average molecular weight is 341 g/mol. The Kier molecular flexibility index (Phi) is 8.74. The average Bonchev–Trinajstić information content (AvgIpc) is 3.09. The number of carbonyl (C=O) groups is 3. The van der Waals surface area contributed by atoms with Crippen molar-refractivity contribution >= 4 is 17.8 Å². The molecule has 0 bridgehead atoms. The molecule has 2 amide bonds. The fourth-order valence-corrected chi connectivity index (χ4v) is 2.74. The maximum atomic E-state index is 12.6. The maximum Gasteiger partial charge on any atom is 0.328 e. The van der Waals surface area contributed by atoms with E-state index in [9.17, 15) is 14.4 Å². The summed E-state index contributed by atoms with van der Waals surface area (Å²) in [7, 11) is 1.30. The van der Waals surface area contributed by atoms with Crippen molar-refractivity contribution in [2.45, 2.75) is 71.0 Å². The molecule has 1 heterocycles. The smallest absolute Gasteiger partial charge is 0.328 e. The van der Waals surface area contributed by atoms with Crippen molar-refractivity contribution in [1.29, 1.82) is 0 Å². The normalized spacial score (nSPS) is 19.6. The Morgan fingerprint density at radius 1 is 1.25 bits per heavy atom. The Morgan fingerprint density at radius 3 is 2.46 bits per heavy atom. The van der Waals surface area contributed by atoms with Crippen LogP contribution in [0.4, 0.5) is 0 Å². The van der Waals surface area contributed by atoms with E-state index in [2.05, 4.69) is 16.0 Å². The largest absolute Gasteiger partial charge is 0.467 e. The summed E-state index contributed by atoms with van der Waals surface area (Å²) in [6.45, 7) is 6.52. The van der Waals surface area contributed by atoms with Crippen molar-refractivity contribution in [2.24, 2.45) is 5.92 Å². The Labute approximate surface area is 144 Å². The molecule has 1 rings (SSSR count). The molecule has 0 spiro atoms. The minimum atomic E-state index is -0.715. The highest BCUT2D eigenvalue weighted by Crippen LogP contribution is 2.09. The molecule has 0 aromatic carbocycles. The van der Waals surface area contributed by atoms with Gasteiger partial charge in [-0.2, -0.15) is 0 Å². The number of nitrogens with one attached hydrogen (secondary N) is 3. The van der Waals surface area contributed by atoms with E-state index < -0.39 is 18.1 Å². The number of methoxy groups -OCH3 is 1. The second-order valence-electron chi connectivity index (χ2n) is 6.61. The van der Waals surface area contributed by atoms with E-state index >= 15 is 0 Å². The van der Waals surface area contributed by atoms with Crippen LogP contribution in [0.15, 0.2) is 0 Å². The maximum absolute atomic E-state index is 12.6. The van der Waals surface area contributed by atoms with Gasteiger partial charge in [0.05, 0.1) is 13.2 Å². The second kappa shape index (κ2) is 10.3. The number of rotatable bonds is 9. The molecule has 1 saturated heterocycles. The van der Waals surface area contributed by atoms with Gasteiger partial charge in [0.2, 0.25) is 11.8 Å².